The lowest BCUT2D eigenvalue weighted by molar-refractivity contribution is -0.124. The minimum atomic E-state index is -0.300. The summed E-state index contributed by atoms with van der Waals surface area (Å²) in [6.07, 6.45) is 1.79. The van der Waals surface area contributed by atoms with Crippen LogP contribution < -0.4 is 10.7 Å². The highest BCUT2D eigenvalue weighted by molar-refractivity contribution is 6.09. The molecule has 0 bridgehead atoms. The molecule has 3 aromatic carbocycles. The van der Waals surface area contributed by atoms with E-state index in [1.807, 2.05) is 50.2 Å². The number of para-hydroxylation sites is 1. The van der Waals surface area contributed by atoms with E-state index < -0.39 is 0 Å². The molecule has 6 heteroatoms. The van der Waals surface area contributed by atoms with Gasteiger partial charge in [0, 0.05) is 46.9 Å². The van der Waals surface area contributed by atoms with Crippen molar-refractivity contribution in [2.45, 2.75) is 40.2 Å². The average molecular weight is 441 g/mol. The van der Waals surface area contributed by atoms with Crippen LogP contribution in [0.1, 0.15) is 36.5 Å². The zero-order valence-electron chi connectivity index (χ0n) is 19.2. The summed E-state index contributed by atoms with van der Waals surface area (Å²) in [6, 6.07) is 20.4. The summed E-state index contributed by atoms with van der Waals surface area (Å²) in [5, 5.41) is 9.30. The van der Waals surface area contributed by atoms with Gasteiger partial charge in [0.1, 0.15) is 0 Å². The Morgan fingerprint density at radius 2 is 1.67 bits per heavy atom. The highest BCUT2D eigenvalue weighted by Gasteiger charge is 2.10. The number of nitrogens with zero attached hydrogens (tertiary/aromatic N) is 2. The van der Waals surface area contributed by atoms with E-state index in [1.54, 1.807) is 6.21 Å². The maximum atomic E-state index is 12.2. The highest BCUT2D eigenvalue weighted by Crippen LogP contribution is 2.29. The number of carbonyl (C=O) groups excluding carboxylic acids is 2. The molecule has 33 heavy (non-hydrogen) atoms. The van der Waals surface area contributed by atoms with Gasteiger partial charge in [0.05, 0.1) is 6.21 Å². The predicted octanol–water partition coefficient (Wildman–Crippen LogP) is 5.30. The van der Waals surface area contributed by atoms with Gasteiger partial charge in [-0.2, -0.15) is 5.10 Å². The molecule has 0 fully saturated rings. The summed E-state index contributed by atoms with van der Waals surface area (Å²) in [6.45, 7) is 6.94. The Balaban J connectivity index is 1.36. The number of nitrogens with one attached hydrogen (secondary N) is 2. The second kappa shape index (κ2) is 9.69. The zero-order valence-corrected chi connectivity index (χ0v) is 19.2. The largest absolute Gasteiger partial charge is 0.341 e. The maximum absolute atomic E-state index is 12.2. The van der Waals surface area contributed by atoms with Gasteiger partial charge in [-0.25, -0.2) is 5.43 Å². The molecule has 0 radical (unpaired) electrons. The van der Waals surface area contributed by atoms with Gasteiger partial charge in [0.25, 0.3) is 0 Å². The normalized spacial score (nSPS) is 11.4. The van der Waals surface area contributed by atoms with Crippen molar-refractivity contribution in [3.63, 3.8) is 0 Å². The summed E-state index contributed by atoms with van der Waals surface area (Å²) >= 11 is 0. The lowest BCUT2D eigenvalue weighted by Gasteiger charge is -2.09. The van der Waals surface area contributed by atoms with Crippen LogP contribution in [0.2, 0.25) is 0 Å². The first-order chi connectivity index (χ1) is 16.0. The summed E-state index contributed by atoms with van der Waals surface area (Å²) in [4.78, 5) is 24.3. The van der Waals surface area contributed by atoms with Crippen molar-refractivity contribution < 1.29 is 9.59 Å². The molecule has 0 aliphatic heterocycles. The van der Waals surface area contributed by atoms with Gasteiger partial charge >= 0.3 is 0 Å². The average Bonchev–Trinajstić information content (AvgIpc) is 3.13. The van der Waals surface area contributed by atoms with Gasteiger partial charge < -0.3 is 9.88 Å². The van der Waals surface area contributed by atoms with Gasteiger partial charge in [-0.3, -0.25) is 9.59 Å². The highest BCUT2D eigenvalue weighted by atomic mass is 16.2. The minimum absolute atomic E-state index is 0.0665. The van der Waals surface area contributed by atoms with Gasteiger partial charge in [-0.15, -0.1) is 0 Å². The van der Waals surface area contributed by atoms with E-state index in [-0.39, 0.29) is 24.7 Å². The monoisotopic (exact) mass is 440 g/mol. The number of rotatable bonds is 7. The fraction of sp³-hybridized carbons (Fsp3) is 0.222. The van der Waals surface area contributed by atoms with E-state index in [9.17, 15) is 9.59 Å². The maximum Gasteiger partial charge on any atom is 0.240 e. The molecule has 2 N–H and O–H groups in total. The Kier molecular flexibility index (Phi) is 6.54. The fourth-order valence-electron chi connectivity index (χ4n) is 4.04. The first-order valence-electron chi connectivity index (χ1n) is 11.2. The number of aryl methyl sites for hydroxylation is 3. The van der Waals surface area contributed by atoms with Gasteiger partial charge in [-0.05, 0) is 61.7 Å². The molecule has 4 rings (SSSR count). The Hall–Kier alpha value is -3.93. The molecule has 0 saturated carbocycles. The molecule has 0 aliphatic carbocycles. The second-order valence-electron chi connectivity index (χ2n) is 8.20. The van der Waals surface area contributed by atoms with Crippen LogP contribution in [0.4, 0.5) is 5.69 Å². The summed E-state index contributed by atoms with van der Waals surface area (Å²) in [7, 11) is 0. The third-order valence-corrected chi connectivity index (χ3v) is 5.76. The minimum Gasteiger partial charge on any atom is -0.341 e. The first-order valence-corrected chi connectivity index (χ1v) is 11.2. The van der Waals surface area contributed by atoms with Gasteiger partial charge in [0.2, 0.25) is 11.8 Å². The van der Waals surface area contributed by atoms with Gasteiger partial charge in [0.15, 0.2) is 0 Å². The summed E-state index contributed by atoms with van der Waals surface area (Å²) in [5.74, 6) is -0.494. The molecule has 4 aromatic rings. The van der Waals surface area contributed by atoms with Crippen LogP contribution in [0.15, 0.2) is 65.8 Å². The molecule has 0 spiro atoms. The Labute approximate surface area is 193 Å². The molecule has 168 valence electrons. The number of benzene rings is 3. The van der Waals surface area contributed by atoms with E-state index in [4.69, 9.17) is 0 Å². The number of hydrazone groups is 1. The number of carbonyl (C=O) groups is 2. The topological polar surface area (TPSA) is 75.5 Å². The van der Waals surface area contributed by atoms with Crippen molar-refractivity contribution in [3.8, 4) is 0 Å². The number of hydrogen-bond donors (Lipinski definition) is 2. The molecule has 0 aliphatic rings. The predicted molar refractivity (Wildman–Crippen MR) is 135 cm³/mol. The molecule has 2 amide bonds. The molecule has 6 nitrogen and oxygen atoms in total. The molecule has 1 aromatic heterocycles. The summed E-state index contributed by atoms with van der Waals surface area (Å²) < 4.78 is 2.29. The quantitative estimate of drug-likeness (QED) is 0.302. The van der Waals surface area contributed by atoms with Crippen LogP contribution in [0.3, 0.4) is 0 Å². The number of aromatic nitrogens is 1. The Morgan fingerprint density at radius 3 is 2.48 bits per heavy atom. The number of hydrogen-bond acceptors (Lipinski definition) is 3. The number of fused-ring (bicyclic) bond motifs is 3. The van der Waals surface area contributed by atoms with E-state index in [2.05, 4.69) is 51.6 Å². The third-order valence-electron chi connectivity index (χ3n) is 5.76. The van der Waals surface area contributed by atoms with Crippen LogP contribution in [0.25, 0.3) is 21.8 Å². The zero-order chi connectivity index (χ0) is 23.4. The van der Waals surface area contributed by atoms with E-state index in [1.165, 1.54) is 16.4 Å². The van der Waals surface area contributed by atoms with Crippen molar-refractivity contribution in [2.75, 3.05) is 5.32 Å². The van der Waals surface area contributed by atoms with Crippen LogP contribution in [-0.4, -0.2) is 22.6 Å². The van der Waals surface area contributed by atoms with Gasteiger partial charge in [-0.1, -0.05) is 36.4 Å². The number of amides is 2. The Morgan fingerprint density at radius 1 is 0.909 bits per heavy atom. The molecule has 0 unspecified atom stereocenters. The van der Waals surface area contributed by atoms with Crippen LogP contribution in [0.5, 0.6) is 0 Å². The fourth-order valence-corrected chi connectivity index (χ4v) is 4.04. The molecule has 0 atom stereocenters. The summed E-state index contributed by atoms with van der Waals surface area (Å²) in [5.41, 5.74) is 8.63. The third kappa shape index (κ3) is 4.95. The molecule has 1 heterocycles. The van der Waals surface area contributed by atoms with Crippen LogP contribution >= 0.6 is 0 Å². The van der Waals surface area contributed by atoms with Crippen LogP contribution in [0, 0.1) is 13.8 Å². The SMILES string of the molecule is CCn1c2ccccc2c2cc(/C=N\NC(=O)CCC(=O)Nc3cc(C)ccc3C)ccc21. The standard InChI is InChI=1S/C27H28N4O2/c1-4-31-24-8-6-5-7-21(24)22-16-20(11-12-25(22)31)17-28-30-27(33)14-13-26(32)29-23-15-18(2)9-10-19(23)3/h5-12,15-17H,4,13-14H2,1-3H3,(H,29,32)(H,30,33)/b28-17-. The smallest absolute Gasteiger partial charge is 0.240 e. The van der Waals surface area contributed by atoms with Crippen molar-refractivity contribution in [1.82, 2.24) is 9.99 Å². The van der Waals surface area contributed by atoms with E-state index in [0.717, 1.165) is 34.3 Å². The molecular weight excluding hydrogens is 412 g/mol. The Bertz CT molecular complexity index is 1370. The lowest BCUT2D eigenvalue weighted by Crippen LogP contribution is -2.20. The van der Waals surface area contributed by atoms with Crippen molar-refractivity contribution in [2.24, 2.45) is 5.10 Å². The van der Waals surface area contributed by atoms with Crippen molar-refractivity contribution in [3.05, 3.63) is 77.4 Å². The molecular formula is C27H28N4O2. The van der Waals surface area contributed by atoms with Crippen LogP contribution in [-0.2, 0) is 16.1 Å². The number of anilines is 1. The van der Waals surface area contributed by atoms with E-state index >= 15 is 0 Å². The van der Waals surface area contributed by atoms with Crippen molar-refractivity contribution in [1.29, 1.82) is 0 Å². The lowest BCUT2D eigenvalue weighted by atomic mass is 10.1. The second-order valence-corrected chi connectivity index (χ2v) is 8.20. The first kappa shape index (κ1) is 22.3. The van der Waals surface area contributed by atoms with E-state index in [0.29, 0.717) is 0 Å². The molecule has 0 saturated heterocycles. The van der Waals surface area contributed by atoms with Crippen molar-refractivity contribution >= 4 is 45.5 Å².